The number of rotatable bonds is 5. The fourth-order valence-corrected chi connectivity index (χ4v) is 5.06. The van der Waals surface area contributed by atoms with E-state index in [0.29, 0.717) is 5.92 Å². The Morgan fingerprint density at radius 3 is 2.57 bits per heavy atom. The third kappa shape index (κ3) is 4.60. The van der Waals surface area contributed by atoms with Gasteiger partial charge in [0.15, 0.2) is 11.6 Å². The highest BCUT2D eigenvalue weighted by Crippen LogP contribution is 2.47. The second kappa shape index (κ2) is 8.76. The van der Waals surface area contributed by atoms with Gasteiger partial charge in [0, 0.05) is 5.57 Å². The van der Waals surface area contributed by atoms with Crippen LogP contribution in [0.3, 0.4) is 0 Å². The fraction of sp³-hybridized carbons (Fsp3) is 0.615. The van der Waals surface area contributed by atoms with Crippen LogP contribution in [0.15, 0.2) is 47.1 Å². The van der Waals surface area contributed by atoms with Crippen LogP contribution < -0.4 is 0 Å². The maximum Gasteiger partial charge on any atom is 0.184 e. The van der Waals surface area contributed by atoms with Gasteiger partial charge in [-0.15, -0.1) is 0 Å². The van der Waals surface area contributed by atoms with Crippen LogP contribution in [0.25, 0.3) is 0 Å². The summed E-state index contributed by atoms with van der Waals surface area (Å²) in [7, 11) is 0. The van der Waals surface area contributed by atoms with E-state index in [0.717, 1.165) is 37.7 Å². The first-order valence-electron chi connectivity index (χ1n) is 11.2. The molecular weight excluding hydrogens is 376 g/mol. The van der Waals surface area contributed by atoms with Crippen molar-refractivity contribution < 1.29 is 19.4 Å². The van der Waals surface area contributed by atoms with Gasteiger partial charge in [0.25, 0.3) is 0 Å². The molecule has 0 bridgehead atoms. The van der Waals surface area contributed by atoms with Crippen molar-refractivity contribution >= 4 is 11.6 Å². The average molecular weight is 413 g/mol. The number of carbonyl (C=O) groups excluding carboxylic acids is 2. The number of aliphatic hydroxyl groups is 1. The van der Waals surface area contributed by atoms with Gasteiger partial charge >= 0.3 is 0 Å². The highest BCUT2D eigenvalue weighted by atomic mass is 16.5. The van der Waals surface area contributed by atoms with Crippen LogP contribution in [-0.4, -0.2) is 34.5 Å². The Hall–Kier alpha value is -1.78. The molecule has 1 N–H and O–H groups in total. The fourth-order valence-electron chi connectivity index (χ4n) is 5.06. The number of ether oxygens (including phenoxy) is 1. The molecule has 0 aromatic carbocycles. The molecule has 0 aromatic heterocycles. The van der Waals surface area contributed by atoms with E-state index in [-0.39, 0.29) is 22.6 Å². The van der Waals surface area contributed by atoms with Crippen molar-refractivity contribution in [2.75, 3.05) is 0 Å². The molecule has 164 valence electrons. The molecule has 3 aliphatic rings. The van der Waals surface area contributed by atoms with E-state index in [1.165, 1.54) is 30.2 Å². The topological polar surface area (TPSA) is 63.6 Å². The molecule has 3 rings (SSSR count). The number of hydrogen-bond acceptors (Lipinski definition) is 4. The molecule has 0 unspecified atom stereocenters. The standard InChI is InChI=1S/C26H36O4/c1-17-8-7-13-25(4,14-15-26(5)18(2)9-6-10-19(26)3)30-24(17)23(29)21-16-20(27)11-12-22(21)28/h8-9,11-12,16,19,23-24,29H,6-7,10,13-15H2,1-5H3/t19-,23-,24-,25+,26+/m0/s1. The van der Waals surface area contributed by atoms with Crippen LogP contribution in [0, 0.1) is 11.3 Å². The van der Waals surface area contributed by atoms with Crippen LogP contribution >= 0.6 is 0 Å². The molecule has 30 heavy (non-hydrogen) atoms. The Morgan fingerprint density at radius 2 is 1.87 bits per heavy atom. The lowest BCUT2D eigenvalue weighted by Gasteiger charge is -2.43. The second-order valence-corrected chi connectivity index (χ2v) is 9.90. The van der Waals surface area contributed by atoms with Gasteiger partial charge in [0.2, 0.25) is 0 Å². The predicted octanol–water partition coefficient (Wildman–Crippen LogP) is 5.03. The second-order valence-electron chi connectivity index (χ2n) is 9.90. The molecule has 0 spiro atoms. The van der Waals surface area contributed by atoms with Gasteiger partial charge < -0.3 is 9.84 Å². The number of ketones is 2. The molecule has 1 aliphatic heterocycles. The summed E-state index contributed by atoms with van der Waals surface area (Å²) in [6.07, 6.45) is 12.4. The summed E-state index contributed by atoms with van der Waals surface area (Å²) in [5.41, 5.74) is 2.25. The number of hydrogen-bond donors (Lipinski definition) is 1. The van der Waals surface area contributed by atoms with Crippen molar-refractivity contribution in [3.63, 3.8) is 0 Å². The van der Waals surface area contributed by atoms with Crippen molar-refractivity contribution in [3.05, 3.63) is 47.1 Å². The molecule has 0 radical (unpaired) electrons. The van der Waals surface area contributed by atoms with Crippen LogP contribution in [0.2, 0.25) is 0 Å². The van der Waals surface area contributed by atoms with E-state index in [2.05, 4.69) is 39.8 Å². The number of aliphatic hydroxyl groups excluding tert-OH is 1. The van der Waals surface area contributed by atoms with Crippen molar-refractivity contribution in [1.82, 2.24) is 0 Å². The summed E-state index contributed by atoms with van der Waals surface area (Å²) >= 11 is 0. The van der Waals surface area contributed by atoms with Crippen LogP contribution in [-0.2, 0) is 14.3 Å². The summed E-state index contributed by atoms with van der Waals surface area (Å²) in [6.45, 7) is 11.0. The Balaban J connectivity index is 1.78. The van der Waals surface area contributed by atoms with Gasteiger partial charge in [-0.3, -0.25) is 9.59 Å². The lowest BCUT2D eigenvalue weighted by atomic mass is 9.64. The van der Waals surface area contributed by atoms with Gasteiger partial charge in [0.05, 0.1) is 5.60 Å². The molecule has 1 heterocycles. The largest absolute Gasteiger partial charge is 0.385 e. The molecule has 0 aromatic rings. The number of allylic oxidation sites excluding steroid dienone is 6. The Kier molecular flexibility index (Phi) is 6.69. The molecule has 2 aliphatic carbocycles. The van der Waals surface area contributed by atoms with E-state index in [1.54, 1.807) is 0 Å². The van der Waals surface area contributed by atoms with Gasteiger partial charge in [-0.05, 0) is 94.4 Å². The number of carbonyl (C=O) groups is 2. The van der Waals surface area contributed by atoms with Gasteiger partial charge in [-0.2, -0.15) is 0 Å². The van der Waals surface area contributed by atoms with E-state index in [4.69, 9.17) is 4.74 Å². The zero-order valence-electron chi connectivity index (χ0n) is 19.0. The third-order valence-corrected chi connectivity index (χ3v) is 7.80. The molecule has 4 heteroatoms. The Morgan fingerprint density at radius 1 is 1.13 bits per heavy atom. The highest BCUT2D eigenvalue weighted by molar-refractivity contribution is 6.17. The maximum atomic E-state index is 12.3. The zero-order chi connectivity index (χ0) is 22.1. The minimum Gasteiger partial charge on any atom is -0.385 e. The first-order chi connectivity index (χ1) is 14.1. The SMILES string of the molecule is CC1=CCC[C@](C)(CC[C@]2(C)C(C)=CCC[C@@H]2C)O[C@@H]1[C@@H](O)C1=CC(=O)C=CC1=O. The molecule has 0 amide bonds. The van der Waals surface area contributed by atoms with Gasteiger partial charge in [-0.1, -0.05) is 31.6 Å². The first-order valence-corrected chi connectivity index (χ1v) is 11.2. The Labute approximate surface area is 180 Å². The summed E-state index contributed by atoms with van der Waals surface area (Å²) < 4.78 is 6.55. The third-order valence-electron chi connectivity index (χ3n) is 7.80. The predicted molar refractivity (Wildman–Crippen MR) is 119 cm³/mol. The van der Waals surface area contributed by atoms with E-state index < -0.39 is 17.8 Å². The molecule has 4 nitrogen and oxygen atoms in total. The van der Waals surface area contributed by atoms with E-state index in [9.17, 15) is 14.7 Å². The van der Waals surface area contributed by atoms with Crippen LogP contribution in [0.5, 0.6) is 0 Å². The molecular formula is C26H36O4. The van der Waals surface area contributed by atoms with Crippen LogP contribution in [0.1, 0.15) is 73.1 Å². The van der Waals surface area contributed by atoms with Gasteiger partial charge in [-0.25, -0.2) is 0 Å². The van der Waals surface area contributed by atoms with Crippen molar-refractivity contribution in [1.29, 1.82) is 0 Å². The quantitative estimate of drug-likeness (QED) is 0.508. The van der Waals surface area contributed by atoms with Crippen LogP contribution in [0.4, 0.5) is 0 Å². The summed E-state index contributed by atoms with van der Waals surface area (Å²) in [6, 6.07) is 0. The van der Waals surface area contributed by atoms with Crippen molar-refractivity contribution in [2.24, 2.45) is 11.3 Å². The normalized spacial score (nSPS) is 36.0. The molecule has 0 saturated heterocycles. The first kappa shape index (κ1) is 22.9. The van der Waals surface area contributed by atoms with Gasteiger partial charge in [0.1, 0.15) is 12.2 Å². The van der Waals surface area contributed by atoms with E-state index >= 15 is 0 Å². The highest BCUT2D eigenvalue weighted by Gasteiger charge is 2.41. The lowest BCUT2D eigenvalue weighted by Crippen LogP contribution is -2.42. The summed E-state index contributed by atoms with van der Waals surface area (Å²) in [5.74, 6) is 0.0258. The average Bonchev–Trinajstić information content (AvgIpc) is 2.85. The monoisotopic (exact) mass is 412 g/mol. The summed E-state index contributed by atoms with van der Waals surface area (Å²) in [4.78, 5) is 24.0. The molecule has 5 atom stereocenters. The van der Waals surface area contributed by atoms with Crippen molar-refractivity contribution in [2.45, 2.75) is 91.0 Å². The minimum absolute atomic E-state index is 0.121. The zero-order valence-corrected chi connectivity index (χ0v) is 19.0. The molecule has 0 fully saturated rings. The van der Waals surface area contributed by atoms with Crippen molar-refractivity contribution in [3.8, 4) is 0 Å². The van der Waals surface area contributed by atoms with E-state index in [1.807, 2.05) is 6.92 Å². The minimum atomic E-state index is -1.15. The lowest BCUT2D eigenvalue weighted by molar-refractivity contribution is -0.123. The smallest absolute Gasteiger partial charge is 0.184 e. The molecule has 0 saturated carbocycles. The summed E-state index contributed by atoms with van der Waals surface area (Å²) in [5, 5.41) is 11.0. The Bertz CT molecular complexity index is 830. The maximum absolute atomic E-state index is 12.3.